The van der Waals surface area contributed by atoms with Crippen LogP contribution in [0.3, 0.4) is 0 Å². The first-order chi connectivity index (χ1) is 24.8. The van der Waals surface area contributed by atoms with Gasteiger partial charge in [-0.15, -0.1) is 0 Å². The molecule has 0 atom stereocenters. The Morgan fingerprint density at radius 2 is 0.500 bits per heavy atom. The highest BCUT2D eigenvalue weighted by Gasteiger charge is 2.14. The predicted octanol–water partition coefficient (Wildman–Crippen LogP) is 12.4. The lowest BCUT2D eigenvalue weighted by atomic mass is 10.0. The van der Waals surface area contributed by atoms with Crippen LogP contribution in [0.15, 0.2) is 207 Å². The number of hydrogen-bond donors (Lipinski definition) is 0. The van der Waals surface area contributed by atoms with Gasteiger partial charge in [-0.2, -0.15) is 0 Å². The van der Waals surface area contributed by atoms with Crippen molar-refractivity contribution in [3.63, 3.8) is 0 Å². The highest BCUT2D eigenvalue weighted by Crippen LogP contribution is 2.37. The zero-order valence-electron chi connectivity index (χ0n) is 27.4. The van der Waals surface area contributed by atoms with E-state index in [4.69, 9.17) is 9.97 Å². The van der Waals surface area contributed by atoms with E-state index in [9.17, 15) is 0 Å². The molecule has 0 radical (unpaired) electrons. The molecule has 0 bridgehead atoms. The molecule has 2 heterocycles. The van der Waals surface area contributed by atoms with Crippen molar-refractivity contribution in [1.29, 1.82) is 0 Å². The van der Waals surface area contributed by atoms with Crippen molar-refractivity contribution >= 4 is 34.1 Å². The molecule has 6 aromatic carbocycles. The van der Waals surface area contributed by atoms with Crippen LogP contribution in [0.1, 0.15) is 0 Å². The van der Waals surface area contributed by atoms with Crippen molar-refractivity contribution < 1.29 is 0 Å². The molecule has 0 amide bonds. The molecule has 0 N–H and O–H groups in total. The number of benzene rings is 6. The fourth-order valence-electron chi connectivity index (χ4n) is 6.24. The van der Waals surface area contributed by atoms with E-state index in [1.807, 2.05) is 48.8 Å². The Balaban J connectivity index is 0.986. The molecule has 238 valence electrons. The third-order valence-electron chi connectivity index (χ3n) is 8.76. The highest BCUT2D eigenvalue weighted by atomic mass is 15.1. The number of pyridine rings is 2. The van der Waals surface area contributed by atoms with E-state index in [-0.39, 0.29) is 0 Å². The van der Waals surface area contributed by atoms with Crippen LogP contribution in [-0.4, -0.2) is 9.97 Å². The first kappa shape index (κ1) is 30.5. The second kappa shape index (κ2) is 14.1. The van der Waals surface area contributed by atoms with Crippen molar-refractivity contribution in [2.45, 2.75) is 0 Å². The van der Waals surface area contributed by atoms with Gasteiger partial charge in [0.25, 0.3) is 0 Å². The van der Waals surface area contributed by atoms with Crippen LogP contribution in [0.25, 0.3) is 33.6 Å². The third-order valence-corrected chi connectivity index (χ3v) is 8.76. The molecule has 8 rings (SSSR count). The van der Waals surface area contributed by atoms with E-state index in [0.717, 1.165) is 67.8 Å². The topological polar surface area (TPSA) is 32.3 Å². The summed E-state index contributed by atoms with van der Waals surface area (Å²) in [6.07, 6.45) is 3.85. The van der Waals surface area contributed by atoms with E-state index in [1.54, 1.807) is 0 Å². The summed E-state index contributed by atoms with van der Waals surface area (Å²) >= 11 is 0. The average Bonchev–Trinajstić information content (AvgIpc) is 3.21. The lowest BCUT2D eigenvalue weighted by Crippen LogP contribution is -2.09. The van der Waals surface area contributed by atoms with Crippen molar-refractivity contribution in [3.05, 3.63) is 207 Å². The van der Waals surface area contributed by atoms with Crippen LogP contribution in [0.4, 0.5) is 34.1 Å². The number of hydrogen-bond acceptors (Lipinski definition) is 4. The minimum Gasteiger partial charge on any atom is -0.311 e. The lowest BCUT2D eigenvalue weighted by molar-refractivity contribution is 1.25. The van der Waals surface area contributed by atoms with Gasteiger partial charge in [0.15, 0.2) is 0 Å². The summed E-state index contributed by atoms with van der Waals surface area (Å²) < 4.78 is 0. The Kier molecular flexibility index (Phi) is 8.64. The van der Waals surface area contributed by atoms with Gasteiger partial charge in [-0.1, -0.05) is 109 Å². The van der Waals surface area contributed by atoms with E-state index in [2.05, 4.69) is 168 Å². The molecule has 0 aliphatic heterocycles. The van der Waals surface area contributed by atoms with Crippen molar-refractivity contribution in [1.82, 2.24) is 9.97 Å². The SMILES string of the molecule is c1ccc(N(c2ccccc2)c2ccc(-c3ccc(-c4ccc(-c5ccc(N(c6ccccc6)c6ccccc6)cc5)cn4)nc3)cc2)cc1. The number of nitrogens with zero attached hydrogens (tertiary/aromatic N) is 4. The molecular formula is C46H34N4. The Hall–Kier alpha value is -6.78. The van der Waals surface area contributed by atoms with Gasteiger partial charge in [0.1, 0.15) is 0 Å². The lowest BCUT2D eigenvalue weighted by Gasteiger charge is -2.25. The minimum absolute atomic E-state index is 0.841. The summed E-state index contributed by atoms with van der Waals surface area (Å²) in [7, 11) is 0. The fourth-order valence-corrected chi connectivity index (χ4v) is 6.24. The molecule has 4 heteroatoms. The zero-order valence-corrected chi connectivity index (χ0v) is 27.4. The van der Waals surface area contributed by atoms with Crippen LogP contribution < -0.4 is 9.80 Å². The van der Waals surface area contributed by atoms with E-state index < -0.39 is 0 Å². The fraction of sp³-hybridized carbons (Fsp3) is 0. The maximum atomic E-state index is 4.79. The number of rotatable bonds is 9. The smallest absolute Gasteiger partial charge is 0.0886 e. The van der Waals surface area contributed by atoms with Gasteiger partial charge in [-0.3, -0.25) is 9.97 Å². The summed E-state index contributed by atoms with van der Waals surface area (Å²) in [6.45, 7) is 0. The van der Waals surface area contributed by atoms with Gasteiger partial charge in [-0.05, 0) is 96.1 Å². The summed E-state index contributed by atoms with van der Waals surface area (Å²) in [5.41, 5.74) is 12.7. The van der Waals surface area contributed by atoms with E-state index >= 15 is 0 Å². The molecule has 8 aromatic rings. The number of para-hydroxylation sites is 4. The van der Waals surface area contributed by atoms with Crippen LogP contribution in [0.2, 0.25) is 0 Å². The molecule has 50 heavy (non-hydrogen) atoms. The molecule has 0 aliphatic rings. The molecule has 0 spiro atoms. The first-order valence-corrected chi connectivity index (χ1v) is 16.7. The van der Waals surface area contributed by atoms with Gasteiger partial charge in [0, 0.05) is 57.6 Å². The van der Waals surface area contributed by atoms with Crippen LogP contribution in [0, 0.1) is 0 Å². The second-order valence-electron chi connectivity index (χ2n) is 12.0. The maximum absolute atomic E-state index is 4.79. The normalized spacial score (nSPS) is 10.8. The largest absolute Gasteiger partial charge is 0.311 e. The summed E-state index contributed by atoms with van der Waals surface area (Å²) in [5.74, 6) is 0. The molecular weight excluding hydrogens is 609 g/mol. The quantitative estimate of drug-likeness (QED) is 0.157. The Morgan fingerprint density at radius 1 is 0.240 bits per heavy atom. The minimum atomic E-state index is 0.841. The molecule has 0 fully saturated rings. The molecule has 0 saturated carbocycles. The van der Waals surface area contributed by atoms with Gasteiger partial charge >= 0.3 is 0 Å². The van der Waals surface area contributed by atoms with Crippen molar-refractivity contribution in [2.75, 3.05) is 9.80 Å². The zero-order chi connectivity index (χ0) is 33.5. The van der Waals surface area contributed by atoms with E-state index in [1.165, 1.54) is 0 Å². The Bertz CT molecular complexity index is 2010. The van der Waals surface area contributed by atoms with Crippen molar-refractivity contribution in [2.24, 2.45) is 0 Å². The maximum Gasteiger partial charge on any atom is 0.0886 e. The van der Waals surface area contributed by atoms with Gasteiger partial charge < -0.3 is 9.80 Å². The third kappa shape index (κ3) is 6.51. The molecule has 0 saturated heterocycles. The van der Waals surface area contributed by atoms with Crippen LogP contribution in [0.5, 0.6) is 0 Å². The Labute approximate surface area is 293 Å². The summed E-state index contributed by atoms with van der Waals surface area (Å²) in [4.78, 5) is 14.1. The highest BCUT2D eigenvalue weighted by molar-refractivity contribution is 5.80. The van der Waals surface area contributed by atoms with Crippen LogP contribution >= 0.6 is 0 Å². The first-order valence-electron chi connectivity index (χ1n) is 16.7. The molecule has 4 nitrogen and oxygen atoms in total. The van der Waals surface area contributed by atoms with Gasteiger partial charge in [0.05, 0.1) is 11.4 Å². The Morgan fingerprint density at radius 3 is 0.760 bits per heavy atom. The summed E-state index contributed by atoms with van der Waals surface area (Å²) in [6, 6.07) is 67.4. The standard InChI is InChI=1S/C46H34N4/c1-5-13-39(14-6-1)49(40-15-7-2-8-16-40)43-27-21-35(22-28-43)37-25-31-45(47-33-37)46-32-26-38(34-48-46)36-23-29-44(30-24-36)50(41-17-9-3-10-18-41)42-19-11-4-12-20-42/h1-34H. The van der Waals surface area contributed by atoms with Crippen LogP contribution in [-0.2, 0) is 0 Å². The van der Waals surface area contributed by atoms with Gasteiger partial charge in [-0.25, -0.2) is 0 Å². The van der Waals surface area contributed by atoms with Crippen molar-refractivity contribution in [3.8, 4) is 33.6 Å². The monoisotopic (exact) mass is 642 g/mol. The molecule has 2 aromatic heterocycles. The average molecular weight is 643 g/mol. The molecule has 0 unspecified atom stereocenters. The number of anilines is 6. The summed E-state index contributed by atoms with van der Waals surface area (Å²) in [5, 5.41) is 0. The number of aromatic nitrogens is 2. The van der Waals surface area contributed by atoms with E-state index in [0.29, 0.717) is 0 Å². The predicted molar refractivity (Wildman–Crippen MR) is 208 cm³/mol. The van der Waals surface area contributed by atoms with Gasteiger partial charge in [0.2, 0.25) is 0 Å². The second-order valence-corrected chi connectivity index (χ2v) is 12.0. The molecule has 0 aliphatic carbocycles.